The van der Waals surface area contributed by atoms with Crippen molar-refractivity contribution >= 4 is 32.0 Å². The molecule has 0 spiro atoms. The van der Waals surface area contributed by atoms with E-state index in [-0.39, 0.29) is 16.9 Å². The minimum atomic E-state index is -4.02. The van der Waals surface area contributed by atoms with Crippen molar-refractivity contribution in [3.05, 3.63) is 64.1 Å². The number of ether oxygens (including phenoxy) is 1. The maximum atomic E-state index is 11.6. The molecule has 0 aliphatic carbocycles. The lowest BCUT2D eigenvalue weighted by molar-refractivity contribution is -0.145. The van der Waals surface area contributed by atoms with Crippen LogP contribution in [-0.4, -0.2) is 37.6 Å². The highest BCUT2D eigenvalue weighted by molar-refractivity contribution is 9.10. The molecule has 1 saturated heterocycles. The molecule has 6 nitrogen and oxygen atoms in total. The number of rotatable bonds is 5. The van der Waals surface area contributed by atoms with Gasteiger partial charge in [0.15, 0.2) is 0 Å². The SMILES string of the molecule is CCOC(=O)[C@H]1CC[C@@H](Cc2cccc(Br)c2)N1.Cc1ccc(S(=O)(=O)O)cc1. The van der Waals surface area contributed by atoms with Gasteiger partial charge in [-0.25, -0.2) is 0 Å². The zero-order valence-corrected chi connectivity index (χ0v) is 18.9. The summed E-state index contributed by atoms with van der Waals surface area (Å²) >= 11 is 3.47. The third kappa shape index (κ3) is 7.89. The fourth-order valence-electron chi connectivity index (χ4n) is 3.07. The summed E-state index contributed by atoms with van der Waals surface area (Å²) < 4.78 is 35.7. The second-order valence-electron chi connectivity index (χ2n) is 6.87. The molecule has 8 heteroatoms. The number of carbonyl (C=O) groups excluding carboxylic acids is 1. The fraction of sp³-hybridized carbons (Fsp3) is 0.381. The Bertz CT molecular complexity index is 915. The molecule has 1 fully saturated rings. The van der Waals surface area contributed by atoms with Crippen LogP contribution in [0.3, 0.4) is 0 Å². The predicted octanol–water partition coefficient (Wildman–Crippen LogP) is 3.92. The smallest absolute Gasteiger partial charge is 0.323 e. The van der Waals surface area contributed by atoms with Gasteiger partial charge in [-0.15, -0.1) is 0 Å². The Morgan fingerprint density at radius 1 is 1.21 bits per heavy atom. The van der Waals surface area contributed by atoms with E-state index in [1.807, 2.05) is 26.0 Å². The Labute approximate surface area is 180 Å². The molecule has 0 saturated carbocycles. The van der Waals surface area contributed by atoms with E-state index in [1.165, 1.54) is 17.7 Å². The lowest BCUT2D eigenvalue weighted by Gasteiger charge is -2.13. The number of hydrogen-bond acceptors (Lipinski definition) is 5. The Hall–Kier alpha value is -1.74. The second kappa shape index (κ2) is 10.9. The van der Waals surface area contributed by atoms with Gasteiger partial charge in [0, 0.05) is 10.5 Å². The van der Waals surface area contributed by atoms with E-state index in [0.717, 1.165) is 29.3 Å². The van der Waals surface area contributed by atoms with Crippen molar-refractivity contribution in [2.24, 2.45) is 0 Å². The van der Waals surface area contributed by atoms with Crippen LogP contribution in [0.4, 0.5) is 0 Å². The molecule has 0 aromatic heterocycles. The van der Waals surface area contributed by atoms with Crippen LogP contribution in [0.2, 0.25) is 0 Å². The number of carbonyl (C=O) groups is 1. The highest BCUT2D eigenvalue weighted by Crippen LogP contribution is 2.19. The van der Waals surface area contributed by atoms with Crippen LogP contribution in [0.15, 0.2) is 57.9 Å². The number of esters is 1. The molecule has 1 aliphatic heterocycles. The summed E-state index contributed by atoms with van der Waals surface area (Å²) in [6.45, 7) is 4.13. The number of aryl methyl sites for hydroxylation is 1. The number of halogens is 1. The molecule has 0 amide bonds. The molecule has 2 aromatic rings. The zero-order chi connectivity index (χ0) is 21.4. The van der Waals surface area contributed by atoms with Crippen molar-refractivity contribution in [2.75, 3.05) is 6.61 Å². The van der Waals surface area contributed by atoms with E-state index < -0.39 is 10.1 Å². The lowest BCUT2D eigenvalue weighted by Crippen LogP contribution is -2.37. The molecule has 2 atom stereocenters. The Morgan fingerprint density at radius 3 is 2.48 bits per heavy atom. The first kappa shape index (κ1) is 23.5. The molecule has 0 radical (unpaired) electrons. The first-order chi connectivity index (χ1) is 13.7. The van der Waals surface area contributed by atoms with Gasteiger partial charge in [0.2, 0.25) is 0 Å². The predicted molar refractivity (Wildman–Crippen MR) is 115 cm³/mol. The summed E-state index contributed by atoms with van der Waals surface area (Å²) in [5, 5.41) is 3.35. The second-order valence-corrected chi connectivity index (χ2v) is 9.20. The summed E-state index contributed by atoms with van der Waals surface area (Å²) in [7, 11) is -4.02. The van der Waals surface area contributed by atoms with Crippen molar-refractivity contribution in [1.29, 1.82) is 0 Å². The summed E-state index contributed by atoms with van der Waals surface area (Å²) in [6, 6.07) is 14.5. The average molecular weight is 484 g/mol. The lowest BCUT2D eigenvalue weighted by atomic mass is 10.0. The minimum Gasteiger partial charge on any atom is -0.465 e. The zero-order valence-electron chi connectivity index (χ0n) is 16.5. The molecule has 158 valence electrons. The van der Waals surface area contributed by atoms with Crippen LogP contribution in [-0.2, 0) is 26.1 Å². The Kier molecular flexibility index (Phi) is 8.82. The third-order valence-corrected chi connectivity index (χ3v) is 5.86. The van der Waals surface area contributed by atoms with Gasteiger partial charge in [-0.1, -0.05) is 45.8 Å². The van der Waals surface area contributed by atoms with E-state index in [2.05, 4.69) is 33.4 Å². The molecule has 2 aromatic carbocycles. The molecule has 1 heterocycles. The molecule has 2 N–H and O–H groups in total. The molecular formula is C21H26BrNO5S. The maximum absolute atomic E-state index is 11.6. The highest BCUT2D eigenvalue weighted by Gasteiger charge is 2.29. The molecule has 0 unspecified atom stereocenters. The van der Waals surface area contributed by atoms with Crippen LogP contribution in [0.5, 0.6) is 0 Å². The normalized spacial score (nSPS) is 18.6. The Balaban J connectivity index is 0.000000234. The van der Waals surface area contributed by atoms with Gasteiger partial charge >= 0.3 is 5.97 Å². The average Bonchev–Trinajstić information content (AvgIpc) is 3.11. The summed E-state index contributed by atoms with van der Waals surface area (Å²) in [6.07, 6.45) is 2.85. The number of hydrogen-bond donors (Lipinski definition) is 2. The molecule has 29 heavy (non-hydrogen) atoms. The first-order valence-corrected chi connectivity index (χ1v) is 11.6. The van der Waals surface area contributed by atoms with E-state index in [0.29, 0.717) is 12.6 Å². The van der Waals surface area contributed by atoms with Gasteiger partial charge in [-0.3, -0.25) is 9.35 Å². The van der Waals surface area contributed by atoms with Gasteiger partial charge in [0.05, 0.1) is 11.5 Å². The number of nitrogens with one attached hydrogen (secondary N) is 1. The third-order valence-electron chi connectivity index (χ3n) is 4.50. The molecule has 1 aliphatic rings. The topological polar surface area (TPSA) is 92.7 Å². The van der Waals surface area contributed by atoms with E-state index in [1.54, 1.807) is 12.1 Å². The minimum absolute atomic E-state index is 0.0666. The fourth-order valence-corrected chi connectivity index (χ4v) is 3.99. The van der Waals surface area contributed by atoms with Crippen molar-refractivity contribution in [3.63, 3.8) is 0 Å². The quantitative estimate of drug-likeness (QED) is 0.494. The highest BCUT2D eigenvalue weighted by atomic mass is 79.9. The van der Waals surface area contributed by atoms with Crippen LogP contribution in [0.25, 0.3) is 0 Å². The van der Waals surface area contributed by atoms with Crippen LogP contribution >= 0.6 is 15.9 Å². The van der Waals surface area contributed by atoms with Crippen molar-refractivity contribution in [2.45, 2.75) is 50.1 Å². The molecule has 0 bridgehead atoms. The monoisotopic (exact) mass is 483 g/mol. The van der Waals surface area contributed by atoms with Gasteiger partial charge < -0.3 is 10.1 Å². The van der Waals surface area contributed by atoms with Gasteiger partial charge in [-0.2, -0.15) is 8.42 Å². The Morgan fingerprint density at radius 2 is 1.90 bits per heavy atom. The van der Waals surface area contributed by atoms with E-state index in [4.69, 9.17) is 9.29 Å². The number of benzene rings is 2. The van der Waals surface area contributed by atoms with Crippen molar-refractivity contribution in [1.82, 2.24) is 5.32 Å². The largest absolute Gasteiger partial charge is 0.465 e. The maximum Gasteiger partial charge on any atom is 0.323 e. The van der Waals surface area contributed by atoms with E-state index >= 15 is 0 Å². The van der Waals surface area contributed by atoms with Gasteiger partial charge in [0.1, 0.15) is 6.04 Å². The summed E-state index contributed by atoms with van der Waals surface area (Å²) in [5.41, 5.74) is 2.24. The van der Waals surface area contributed by atoms with Crippen LogP contribution in [0.1, 0.15) is 30.9 Å². The van der Waals surface area contributed by atoms with Gasteiger partial charge in [-0.05, 0) is 62.9 Å². The van der Waals surface area contributed by atoms with Crippen LogP contribution in [0, 0.1) is 6.92 Å². The summed E-state index contributed by atoms with van der Waals surface area (Å²) in [5.74, 6) is -0.116. The molecular weight excluding hydrogens is 458 g/mol. The van der Waals surface area contributed by atoms with Crippen molar-refractivity contribution in [3.8, 4) is 0 Å². The molecule has 3 rings (SSSR count). The van der Waals surface area contributed by atoms with Gasteiger partial charge in [0.25, 0.3) is 10.1 Å². The van der Waals surface area contributed by atoms with Crippen molar-refractivity contribution < 1.29 is 22.5 Å². The van der Waals surface area contributed by atoms with Crippen LogP contribution < -0.4 is 5.32 Å². The first-order valence-electron chi connectivity index (χ1n) is 9.40. The standard InChI is InChI=1S/C14H18BrNO2.C7H8O3S/c1-2-18-14(17)13-7-6-12(16-13)9-10-4-3-5-11(15)8-10;1-6-2-4-7(5-3-6)11(8,9)10/h3-5,8,12-13,16H,2,6-7,9H2,1H3;2-5H,1H3,(H,8,9,10)/t12-,13+;/m0./s1. The summed E-state index contributed by atoms with van der Waals surface area (Å²) in [4.78, 5) is 11.5. The van der Waals surface area contributed by atoms with E-state index in [9.17, 15) is 13.2 Å².